The number of alkyl halides is 1. The van der Waals surface area contributed by atoms with E-state index in [-0.39, 0.29) is 12.6 Å². The molecule has 0 radical (unpaired) electrons. The second-order valence-corrected chi connectivity index (χ2v) is 4.92. The zero-order valence-electron chi connectivity index (χ0n) is 9.25. The van der Waals surface area contributed by atoms with Gasteiger partial charge in [0.1, 0.15) is 0 Å². The molecule has 1 unspecified atom stereocenters. The Morgan fingerprint density at radius 3 is 2.29 bits per heavy atom. The maximum absolute atomic E-state index is 9.13. The van der Waals surface area contributed by atoms with Crippen molar-refractivity contribution in [2.75, 3.05) is 25.6 Å². The number of rotatable bonds is 4. The predicted molar refractivity (Wildman–Crippen MR) is 60.7 cm³/mol. The fourth-order valence-electron chi connectivity index (χ4n) is 2.21. The molecule has 0 spiro atoms. The molecular weight excluding hydrogens is 198 g/mol. The summed E-state index contributed by atoms with van der Waals surface area (Å²) in [5.74, 6) is 2.20. The van der Waals surface area contributed by atoms with E-state index in [1.54, 1.807) is 0 Å². The van der Waals surface area contributed by atoms with Crippen molar-refractivity contribution in [3.63, 3.8) is 0 Å². The lowest BCUT2D eigenvalue weighted by molar-refractivity contribution is 0.0872. The number of hydrogen-bond acceptors (Lipinski definition) is 2. The van der Waals surface area contributed by atoms with Gasteiger partial charge in [0.05, 0.1) is 6.61 Å². The number of likely N-dealkylation sites (tertiary alicyclic amines) is 1. The minimum Gasteiger partial charge on any atom is -0.395 e. The Bertz CT molecular complexity index is 151. The summed E-state index contributed by atoms with van der Waals surface area (Å²) >= 11 is 5.80. The molecule has 1 fully saturated rings. The molecule has 0 bridgehead atoms. The minimum atomic E-state index is 0.171. The van der Waals surface area contributed by atoms with Gasteiger partial charge in [0.15, 0.2) is 0 Å². The fourth-order valence-corrected chi connectivity index (χ4v) is 2.51. The van der Waals surface area contributed by atoms with Gasteiger partial charge in [-0.15, -0.1) is 11.6 Å². The first-order valence-corrected chi connectivity index (χ1v) is 6.13. The highest BCUT2D eigenvalue weighted by atomic mass is 35.5. The van der Waals surface area contributed by atoms with Gasteiger partial charge in [0, 0.05) is 11.9 Å². The van der Waals surface area contributed by atoms with Crippen LogP contribution in [0.5, 0.6) is 0 Å². The van der Waals surface area contributed by atoms with Crippen LogP contribution in [-0.2, 0) is 0 Å². The van der Waals surface area contributed by atoms with Crippen LogP contribution in [0.25, 0.3) is 0 Å². The van der Waals surface area contributed by atoms with Crippen LogP contribution in [0.3, 0.4) is 0 Å². The molecule has 14 heavy (non-hydrogen) atoms. The Morgan fingerprint density at radius 2 is 1.93 bits per heavy atom. The standard InChI is InChI=1S/C11H22ClNO/c1-9(2)10-3-5-13(6-4-10)11(7-12)8-14/h9-11,14H,3-8H2,1-2H3. The number of aliphatic hydroxyl groups is 1. The smallest absolute Gasteiger partial charge is 0.0598 e. The Balaban J connectivity index is 2.34. The molecule has 1 atom stereocenters. The van der Waals surface area contributed by atoms with E-state index < -0.39 is 0 Å². The summed E-state index contributed by atoms with van der Waals surface area (Å²) in [6.07, 6.45) is 2.51. The van der Waals surface area contributed by atoms with Gasteiger partial charge in [-0.25, -0.2) is 0 Å². The Morgan fingerprint density at radius 1 is 1.36 bits per heavy atom. The number of hydrogen-bond donors (Lipinski definition) is 1. The quantitative estimate of drug-likeness (QED) is 0.731. The lowest BCUT2D eigenvalue weighted by atomic mass is 9.86. The first-order valence-electron chi connectivity index (χ1n) is 5.60. The van der Waals surface area contributed by atoms with E-state index in [1.807, 2.05) is 0 Å². The lowest BCUT2D eigenvalue weighted by Gasteiger charge is -2.37. The summed E-state index contributed by atoms with van der Waals surface area (Å²) in [7, 11) is 0. The molecule has 0 aromatic carbocycles. The summed E-state index contributed by atoms with van der Waals surface area (Å²) in [6, 6.07) is 0.171. The van der Waals surface area contributed by atoms with E-state index >= 15 is 0 Å². The summed E-state index contributed by atoms with van der Waals surface area (Å²) < 4.78 is 0. The van der Waals surface area contributed by atoms with Crippen LogP contribution < -0.4 is 0 Å². The third-order valence-electron chi connectivity index (χ3n) is 3.42. The van der Waals surface area contributed by atoms with Crippen molar-refractivity contribution < 1.29 is 5.11 Å². The highest BCUT2D eigenvalue weighted by molar-refractivity contribution is 6.18. The first kappa shape index (κ1) is 12.3. The van der Waals surface area contributed by atoms with Gasteiger partial charge >= 0.3 is 0 Å². The van der Waals surface area contributed by atoms with Gasteiger partial charge < -0.3 is 5.11 Å². The van der Waals surface area contributed by atoms with Gasteiger partial charge in [-0.3, -0.25) is 4.90 Å². The predicted octanol–water partition coefficient (Wildman–Crippen LogP) is 1.95. The number of halogens is 1. The molecule has 1 aliphatic heterocycles. The van der Waals surface area contributed by atoms with E-state index in [4.69, 9.17) is 16.7 Å². The number of aliphatic hydroxyl groups excluding tert-OH is 1. The molecule has 0 saturated carbocycles. The molecule has 0 amide bonds. The fraction of sp³-hybridized carbons (Fsp3) is 1.00. The topological polar surface area (TPSA) is 23.5 Å². The zero-order chi connectivity index (χ0) is 10.6. The highest BCUT2D eigenvalue weighted by Gasteiger charge is 2.25. The SMILES string of the molecule is CC(C)C1CCN(C(CO)CCl)CC1. The van der Waals surface area contributed by atoms with E-state index in [0.29, 0.717) is 5.88 Å². The highest BCUT2D eigenvalue weighted by Crippen LogP contribution is 2.25. The molecule has 0 aromatic heterocycles. The average molecular weight is 220 g/mol. The maximum Gasteiger partial charge on any atom is 0.0598 e. The Kier molecular flexibility index (Phi) is 5.21. The normalized spacial score (nSPS) is 22.9. The molecular formula is C11H22ClNO. The Labute approximate surface area is 92.2 Å². The van der Waals surface area contributed by atoms with Crippen LogP contribution in [-0.4, -0.2) is 41.6 Å². The molecule has 3 heteroatoms. The number of nitrogens with zero attached hydrogens (tertiary/aromatic N) is 1. The van der Waals surface area contributed by atoms with E-state index in [9.17, 15) is 0 Å². The maximum atomic E-state index is 9.13. The molecule has 0 aromatic rings. The van der Waals surface area contributed by atoms with Gasteiger partial charge in [0.25, 0.3) is 0 Å². The molecule has 1 N–H and O–H groups in total. The second kappa shape index (κ2) is 5.94. The summed E-state index contributed by atoms with van der Waals surface area (Å²) in [4.78, 5) is 2.33. The molecule has 1 saturated heterocycles. The van der Waals surface area contributed by atoms with E-state index in [0.717, 1.165) is 24.9 Å². The molecule has 1 rings (SSSR count). The molecule has 0 aliphatic carbocycles. The summed E-state index contributed by atoms with van der Waals surface area (Å²) in [5, 5.41) is 9.13. The van der Waals surface area contributed by atoms with Crippen LogP contribution in [0.4, 0.5) is 0 Å². The number of piperidine rings is 1. The van der Waals surface area contributed by atoms with Crippen molar-refractivity contribution in [2.24, 2.45) is 11.8 Å². The third-order valence-corrected chi connectivity index (χ3v) is 3.78. The van der Waals surface area contributed by atoms with Crippen LogP contribution in [0.15, 0.2) is 0 Å². The van der Waals surface area contributed by atoms with Crippen LogP contribution >= 0.6 is 11.6 Å². The van der Waals surface area contributed by atoms with Crippen LogP contribution in [0.1, 0.15) is 26.7 Å². The Hall–Kier alpha value is 0.210. The van der Waals surface area contributed by atoms with Crippen LogP contribution in [0.2, 0.25) is 0 Å². The van der Waals surface area contributed by atoms with Crippen molar-refractivity contribution >= 4 is 11.6 Å². The van der Waals surface area contributed by atoms with E-state index in [2.05, 4.69) is 18.7 Å². The van der Waals surface area contributed by atoms with Crippen LogP contribution in [0, 0.1) is 11.8 Å². The minimum absolute atomic E-state index is 0.171. The van der Waals surface area contributed by atoms with Gasteiger partial charge in [-0.1, -0.05) is 13.8 Å². The van der Waals surface area contributed by atoms with Crippen molar-refractivity contribution in [1.29, 1.82) is 0 Å². The summed E-state index contributed by atoms with van der Waals surface area (Å²) in [5.41, 5.74) is 0. The van der Waals surface area contributed by atoms with E-state index in [1.165, 1.54) is 12.8 Å². The first-order chi connectivity index (χ1) is 6.69. The van der Waals surface area contributed by atoms with Gasteiger partial charge in [0.2, 0.25) is 0 Å². The zero-order valence-corrected chi connectivity index (χ0v) is 10.0. The lowest BCUT2D eigenvalue weighted by Crippen LogP contribution is -2.45. The average Bonchev–Trinajstić information content (AvgIpc) is 2.20. The van der Waals surface area contributed by atoms with Gasteiger partial charge in [-0.2, -0.15) is 0 Å². The van der Waals surface area contributed by atoms with Crippen molar-refractivity contribution in [2.45, 2.75) is 32.7 Å². The molecule has 2 nitrogen and oxygen atoms in total. The molecule has 84 valence electrons. The summed E-state index contributed by atoms with van der Waals surface area (Å²) in [6.45, 7) is 6.98. The molecule has 1 aliphatic rings. The third kappa shape index (κ3) is 3.11. The van der Waals surface area contributed by atoms with Crippen molar-refractivity contribution in [3.8, 4) is 0 Å². The van der Waals surface area contributed by atoms with Crippen molar-refractivity contribution in [1.82, 2.24) is 4.90 Å². The van der Waals surface area contributed by atoms with Crippen molar-refractivity contribution in [3.05, 3.63) is 0 Å². The van der Waals surface area contributed by atoms with Gasteiger partial charge in [-0.05, 0) is 37.8 Å². The monoisotopic (exact) mass is 219 g/mol. The second-order valence-electron chi connectivity index (χ2n) is 4.61. The largest absolute Gasteiger partial charge is 0.395 e. The molecule has 1 heterocycles.